The minimum atomic E-state index is -2.44. The van der Waals surface area contributed by atoms with E-state index >= 15 is 0 Å². The Labute approximate surface area is 523 Å². The van der Waals surface area contributed by atoms with Gasteiger partial charge in [-0.25, -0.2) is 0 Å². The molecule has 3 nitrogen and oxygen atoms in total. The van der Waals surface area contributed by atoms with Crippen molar-refractivity contribution >= 4 is 74.3 Å². The number of aryl methyl sites for hydroxylation is 3. The van der Waals surface area contributed by atoms with E-state index < -0.39 is 6.85 Å². The van der Waals surface area contributed by atoms with Gasteiger partial charge in [0, 0.05) is 60.6 Å². The van der Waals surface area contributed by atoms with Gasteiger partial charge in [0.2, 0.25) is 0 Å². The van der Waals surface area contributed by atoms with E-state index in [1.165, 1.54) is 83.3 Å². The molecule has 86 heavy (non-hydrogen) atoms. The number of fused-ring (bicyclic) bond motifs is 9. The smallest absolute Gasteiger partial charge is 0.252 e. The number of anilines is 9. The third-order valence-electron chi connectivity index (χ3n) is 21.8. The zero-order valence-corrected chi connectivity index (χ0v) is 55.9. The summed E-state index contributed by atoms with van der Waals surface area (Å²) in [5, 5.41) is 0. The second-order valence-electron chi connectivity index (χ2n) is 33.2. The highest BCUT2D eigenvalue weighted by Crippen LogP contribution is 2.58. The first-order chi connectivity index (χ1) is 41.2. The van der Waals surface area contributed by atoms with Gasteiger partial charge in [0.15, 0.2) is 0 Å². The Kier molecular flexibility index (Phi) is 12.0. The fourth-order valence-corrected chi connectivity index (χ4v) is 16.0. The van der Waals surface area contributed by atoms with Gasteiger partial charge in [0.25, 0.3) is 6.71 Å². The van der Waals surface area contributed by atoms with Crippen molar-refractivity contribution in [1.82, 2.24) is 0 Å². The second-order valence-corrected chi connectivity index (χ2v) is 33.2. The van der Waals surface area contributed by atoms with E-state index in [1.54, 1.807) is 0 Å². The van der Waals surface area contributed by atoms with Crippen LogP contribution in [0.5, 0.6) is 0 Å². The van der Waals surface area contributed by atoms with Crippen molar-refractivity contribution in [2.45, 2.75) is 221 Å². The van der Waals surface area contributed by atoms with E-state index in [-0.39, 0.29) is 50.0 Å². The third-order valence-corrected chi connectivity index (χ3v) is 21.8. The van der Waals surface area contributed by atoms with Gasteiger partial charge >= 0.3 is 0 Å². The molecule has 8 aromatic carbocycles. The molecule has 0 bridgehead atoms. The SMILES string of the molecule is [2H]C([2H])([2H])c1cc2c3c(c1)N(c1cccc4c1-c1ccc(C(C)(C)C)cc1C4(C)C)c1cc(N(c4ccc(C(C)(C)C)cc4C)c4ccc(C(C)(C)C)cc4C)ccc1B3c1cc3c(cc1N2c1ccc2c(c1)C(C)(C)CCC2(C)C)C(C)(C)CCC3(C)C. The van der Waals surface area contributed by atoms with Gasteiger partial charge in [-0.05, 0) is 234 Å². The van der Waals surface area contributed by atoms with Crippen LogP contribution >= 0.6 is 0 Å². The van der Waals surface area contributed by atoms with Crippen LogP contribution in [0.25, 0.3) is 11.1 Å². The van der Waals surface area contributed by atoms with E-state index in [0.717, 1.165) is 82.3 Å². The van der Waals surface area contributed by atoms with Crippen LogP contribution in [0.15, 0.2) is 133 Å². The first-order valence-electron chi connectivity index (χ1n) is 33.8. The van der Waals surface area contributed by atoms with Crippen LogP contribution in [0, 0.1) is 20.7 Å². The predicted molar refractivity (Wildman–Crippen MR) is 374 cm³/mol. The van der Waals surface area contributed by atoms with Gasteiger partial charge < -0.3 is 14.7 Å². The summed E-state index contributed by atoms with van der Waals surface area (Å²) in [6, 6.07) is 52.0. The molecule has 2 aliphatic heterocycles. The Morgan fingerprint density at radius 2 is 0.942 bits per heavy atom. The molecule has 0 amide bonds. The molecule has 13 rings (SSSR count). The topological polar surface area (TPSA) is 9.72 Å². The molecule has 0 radical (unpaired) electrons. The molecule has 0 fully saturated rings. The van der Waals surface area contributed by atoms with E-state index in [1.807, 2.05) is 0 Å². The van der Waals surface area contributed by atoms with Crippen molar-refractivity contribution < 1.29 is 4.11 Å². The molecule has 3 aliphatic carbocycles. The number of rotatable bonds is 5. The standard InChI is InChI=1S/C82H96BN3/c1-49-40-71-74-72(41-49)86(68-25-23-24-59-73(68)57-31-26-54(77(10,11)12)44-60(57)82(59,21)22)69-46-56(84(66-34-27-52(42-50(66)2)75(4,5)6)67-35-28-53(43-51(67)3)76(7,8)9)30-33-64(69)83(74)65-47-62-63(81(19,20)39-38-80(62,17)18)48-70(65)85(71)55-29-32-58-61(45-55)79(15,16)37-36-78(58,13)14/h23-35,40-48H,36-39H2,1-22H3/i1D3. The monoisotopic (exact) mass is 1140 g/mol. The quantitative estimate of drug-likeness (QED) is 0.159. The number of hydrogen-bond acceptors (Lipinski definition) is 3. The molecule has 4 heteroatoms. The number of hydrogen-bond donors (Lipinski definition) is 0. The highest BCUT2D eigenvalue weighted by Gasteiger charge is 2.49. The summed E-state index contributed by atoms with van der Waals surface area (Å²) in [6.45, 7) is 46.7. The highest BCUT2D eigenvalue weighted by atomic mass is 15.2. The summed E-state index contributed by atoms with van der Waals surface area (Å²) in [5.41, 5.74) is 29.6. The molecule has 0 spiro atoms. The van der Waals surface area contributed by atoms with Crippen LogP contribution in [0.4, 0.5) is 51.2 Å². The van der Waals surface area contributed by atoms with E-state index in [9.17, 15) is 4.11 Å². The predicted octanol–water partition coefficient (Wildman–Crippen LogP) is 21.1. The second kappa shape index (κ2) is 18.9. The molecular formula is C82H96BN3. The van der Waals surface area contributed by atoms with Crippen LogP contribution in [0.2, 0.25) is 0 Å². The van der Waals surface area contributed by atoms with Gasteiger partial charge in [0.1, 0.15) is 0 Å². The zero-order valence-electron chi connectivity index (χ0n) is 58.9. The molecule has 0 atom stereocenters. The molecule has 0 N–H and O–H groups in total. The Bertz CT molecular complexity index is 4220. The van der Waals surface area contributed by atoms with Crippen LogP contribution in [-0.4, -0.2) is 6.71 Å². The minimum Gasteiger partial charge on any atom is -0.311 e. The summed E-state index contributed by atoms with van der Waals surface area (Å²) >= 11 is 0. The van der Waals surface area contributed by atoms with Crippen molar-refractivity contribution in [3.8, 4) is 11.1 Å². The maximum Gasteiger partial charge on any atom is 0.252 e. The van der Waals surface area contributed by atoms with Crippen LogP contribution in [-0.2, 0) is 43.3 Å². The maximum atomic E-state index is 9.56. The van der Waals surface area contributed by atoms with Gasteiger partial charge in [-0.2, -0.15) is 0 Å². The fourth-order valence-electron chi connectivity index (χ4n) is 16.0. The molecule has 5 aliphatic rings. The highest BCUT2D eigenvalue weighted by molar-refractivity contribution is 7.00. The average molecular weight is 1140 g/mol. The molecule has 0 saturated heterocycles. The summed E-state index contributed by atoms with van der Waals surface area (Å²) in [4.78, 5) is 7.52. The Morgan fingerprint density at radius 3 is 1.50 bits per heavy atom. The normalized spacial score (nSPS) is 18.8. The summed E-state index contributed by atoms with van der Waals surface area (Å²) in [5.74, 6) is 0. The molecule has 2 heterocycles. The maximum absolute atomic E-state index is 9.56. The fraction of sp³-hybridized carbons (Fsp3) is 0.415. The molecule has 8 aromatic rings. The van der Waals surface area contributed by atoms with Crippen molar-refractivity contribution in [2.75, 3.05) is 14.7 Å². The van der Waals surface area contributed by atoms with Crippen molar-refractivity contribution in [3.05, 3.63) is 200 Å². The Balaban J connectivity index is 1.18. The molecule has 442 valence electrons. The zero-order chi connectivity index (χ0) is 64.2. The first-order valence-corrected chi connectivity index (χ1v) is 32.3. The van der Waals surface area contributed by atoms with Crippen LogP contribution < -0.4 is 31.1 Å². The summed E-state index contributed by atoms with van der Waals surface area (Å²) in [6.07, 6.45) is 4.37. The molecule has 0 aromatic heterocycles. The minimum absolute atomic E-state index is 0.0164. The van der Waals surface area contributed by atoms with Crippen LogP contribution in [0.3, 0.4) is 0 Å². The molecular weight excluding hydrogens is 1040 g/mol. The number of nitrogens with zero attached hydrogens (tertiary/aromatic N) is 3. The lowest BCUT2D eigenvalue weighted by atomic mass is 9.33. The lowest BCUT2D eigenvalue weighted by molar-refractivity contribution is 0.332. The van der Waals surface area contributed by atoms with Gasteiger partial charge in [-0.15, -0.1) is 0 Å². The summed E-state index contributed by atoms with van der Waals surface area (Å²) < 4.78 is 28.7. The van der Waals surface area contributed by atoms with Gasteiger partial charge in [-0.1, -0.05) is 204 Å². The largest absolute Gasteiger partial charge is 0.311 e. The van der Waals surface area contributed by atoms with Gasteiger partial charge in [0.05, 0.1) is 5.69 Å². The van der Waals surface area contributed by atoms with E-state index in [2.05, 4.69) is 294 Å². The van der Waals surface area contributed by atoms with Crippen LogP contribution in [0.1, 0.15) is 228 Å². The van der Waals surface area contributed by atoms with E-state index in [4.69, 9.17) is 0 Å². The van der Waals surface area contributed by atoms with E-state index in [0.29, 0.717) is 5.56 Å². The summed E-state index contributed by atoms with van der Waals surface area (Å²) in [7, 11) is 0. The van der Waals surface area contributed by atoms with Gasteiger partial charge in [-0.3, -0.25) is 0 Å². The Morgan fingerprint density at radius 1 is 0.430 bits per heavy atom. The lowest BCUT2D eigenvalue weighted by Crippen LogP contribution is -2.62. The number of benzene rings is 8. The Hall–Kier alpha value is -6.78. The molecule has 0 saturated carbocycles. The lowest BCUT2D eigenvalue weighted by Gasteiger charge is -2.48. The van der Waals surface area contributed by atoms with Crippen molar-refractivity contribution in [2.24, 2.45) is 0 Å². The third kappa shape index (κ3) is 8.92. The molecule has 0 unspecified atom stereocenters. The first kappa shape index (κ1) is 54.6. The van der Waals surface area contributed by atoms with Crippen molar-refractivity contribution in [3.63, 3.8) is 0 Å². The average Bonchev–Trinajstić information content (AvgIpc) is 1.30. The van der Waals surface area contributed by atoms with Crippen molar-refractivity contribution in [1.29, 1.82) is 0 Å².